The topological polar surface area (TPSA) is 102 Å². The second-order valence-electron chi connectivity index (χ2n) is 8.42. The Balaban J connectivity index is 1.66. The zero-order valence-corrected chi connectivity index (χ0v) is 19.3. The fraction of sp³-hybridized carbons (Fsp3) is 0.526. The number of hydrogen-bond donors (Lipinski definition) is 2. The molecule has 166 valence electrons. The van der Waals surface area contributed by atoms with Gasteiger partial charge in [-0.1, -0.05) is 0 Å². The quantitative estimate of drug-likeness (QED) is 0.488. The zero-order valence-electron chi connectivity index (χ0n) is 16.8. The van der Waals surface area contributed by atoms with Crippen LogP contribution >= 0.6 is 0 Å². The second-order valence-corrected chi connectivity index (χ2v) is 12.2. The van der Waals surface area contributed by atoms with Crippen molar-refractivity contribution in [2.45, 2.75) is 55.4 Å². The first-order chi connectivity index (χ1) is 14.8. The zero-order chi connectivity index (χ0) is 21.8. The van der Waals surface area contributed by atoms with E-state index in [1.165, 1.54) is 4.68 Å². The Morgan fingerprint density at radius 2 is 2.00 bits per heavy atom. The number of sulfonamides is 1. The molecule has 31 heavy (non-hydrogen) atoms. The Hall–Kier alpha value is -1.72. The average molecular weight is 515 g/mol. The molecule has 1 aliphatic carbocycles. The first-order valence-corrected chi connectivity index (χ1v) is 13.3. The molecule has 3 aromatic rings. The number of piperidine rings is 1. The van der Waals surface area contributed by atoms with E-state index in [1.807, 2.05) is 6.92 Å². The standard InChI is InChI=1S/C19H22F2N6O2SSe/c1-19(4-5-19)26-30(28,29)12-8-13(11-2-6-22-7-3-11)14-10-23-27(15(14)9-12)18-25-24-17(31-18)16(20)21/h8-11,16,22,26H,2-7H2,1H3. The molecule has 5 rings (SSSR count). The normalized spacial score (nSPS) is 19.4. The predicted octanol–water partition coefficient (Wildman–Crippen LogP) is 2.11. The van der Waals surface area contributed by atoms with Crippen LogP contribution in [0.1, 0.15) is 55.1 Å². The Bertz CT molecular complexity index is 1230. The van der Waals surface area contributed by atoms with E-state index in [4.69, 9.17) is 0 Å². The molecular formula is C19H22F2N6O2SSe. The number of fused-ring (bicyclic) bond motifs is 1. The van der Waals surface area contributed by atoms with Crippen LogP contribution in [0, 0.1) is 0 Å². The maximum absolute atomic E-state index is 13.2. The molecule has 0 unspecified atom stereocenters. The van der Waals surface area contributed by atoms with Crippen molar-refractivity contribution < 1.29 is 17.2 Å². The van der Waals surface area contributed by atoms with Gasteiger partial charge in [0.05, 0.1) is 0 Å². The number of nitrogens with zero attached hydrogens (tertiary/aromatic N) is 4. The molecule has 0 amide bonds. The third-order valence-electron chi connectivity index (χ3n) is 5.96. The van der Waals surface area contributed by atoms with Crippen molar-refractivity contribution in [1.82, 2.24) is 30.0 Å². The van der Waals surface area contributed by atoms with E-state index in [-0.39, 0.29) is 15.4 Å². The Morgan fingerprint density at radius 3 is 2.65 bits per heavy atom. The monoisotopic (exact) mass is 516 g/mol. The molecule has 2 aliphatic rings. The number of halogens is 2. The fourth-order valence-electron chi connectivity index (χ4n) is 3.98. The molecule has 0 bridgehead atoms. The summed E-state index contributed by atoms with van der Waals surface area (Å²) in [5, 5.41) is 16.1. The van der Waals surface area contributed by atoms with E-state index >= 15 is 0 Å². The van der Waals surface area contributed by atoms with E-state index < -0.39 is 36.5 Å². The first kappa shape index (κ1) is 21.1. The van der Waals surface area contributed by atoms with E-state index in [0.717, 1.165) is 49.7 Å². The summed E-state index contributed by atoms with van der Waals surface area (Å²) in [6.07, 6.45) is 2.41. The van der Waals surface area contributed by atoms with Crippen LogP contribution in [-0.4, -0.2) is 61.5 Å². The Kier molecular flexibility index (Phi) is 5.25. The van der Waals surface area contributed by atoms with Crippen molar-refractivity contribution in [1.29, 1.82) is 0 Å². The van der Waals surface area contributed by atoms with E-state index in [2.05, 4.69) is 25.3 Å². The number of nitrogens with one attached hydrogen (secondary N) is 2. The summed E-state index contributed by atoms with van der Waals surface area (Å²) in [4.78, 5) is 0.171. The molecule has 12 heteroatoms. The summed E-state index contributed by atoms with van der Waals surface area (Å²) in [5.74, 6) is 0.192. The third-order valence-corrected chi connectivity index (χ3v) is 9.48. The molecule has 2 fully saturated rings. The van der Waals surface area contributed by atoms with Crippen LogP contribution in [0.15, 0.2) is 23.2 Å². The Labute approximate surface area is 184 Å². The molecule has 1 saturated heterocycles. The molecule has 1 saturated carbocycles. The predicted molar refractivity (Wildman–Crippen MR) is 111 cm³/mol. The van der Waals surface area contributed by atoms with Gasteiger partial charge < -0.3 is 0 Å². The number of benzene rings is 1. The maximum atomic E-state index is 13.2. The van der Waals surface area contributed by atoms with Gasteiger partial charge in [0, 0.05) is 0 Å². The number of aromatic nitrogens is 4. The van der Waals surface area contributed by atoms with Crippen LogP contribution in [-0.2, 0) is 10.0 Å². The van der Waals surface area contributed by atoms with Crippen LogP contribution in [0.5, 0.6) is 0 Å². The van der Waals surface area contributed by atoms with Gasteiger partial charge in [-0.3, -0.25) is 0 Å². The van der Waals surface area contributed by atoms with Crippen LogP contribution in [0.3, 0.4) is 0 Å². The summed E-state index contributed by atoms with van der Waals surface area (Å²) >= 11 is -0.767. The summed E-state index contributed by atoms with van der Waals surface area (Å²) in [5.41, 5.74) is 1.08. The molecule has 0 spiro atoms. The van der Waals surface area contributed by atoms with Crippen molar-refractivity contribution in [2.24, 2.45) is 0 Å². The van der Waals surface area contributed by atoms with Crippen LogP contribution in [0.4, 0.5) is 8.78 Å². The second kappa shape index (κ2) is 7.70. The minimum atomic E-state index is -3.74. The number of hydrogen-bond acceptors (Lipinski definition) is 6. The van der Waals surface area contributed by atoms with Crippen LogP contribution in [0.2, 0.25) is 0 Å². The van der Waals surface area contributed by atoms with Crippen molar-refractivity contribution in [3.8, 4) is 4.69 Å². The van der Waals surface area contributed by atoms with Gasteiger partial charge in [-0.25, -0.2) is 0 Å². The van der Waals surface area contributed by atoms with Crippen molar-refractivity contribution in [2.75, 3.05) is 13.1 Å². The molecule has 1 aromatic carbocycles. The molecule has 0 radical (unpaired) electrons. The van der Waals surface area contributed by atoms with Crippen molar-refractivity contribution in [3.63, 3.8) is 0 Å². The molecule has 3 heterocycles. The molecule has 2 aromatic heterocycles. The van der Waals surface area contributed by atoms with Gasteiger partial charge in [0.25, 0.3) is 0 Å². The van der Waals surface area contributed by atoms with E-state index in [0.29, 0.717) is 10.2 Å². The van der Waals surface area contributed by atoms with Crippen molar-refractivity contribution in [3.05, 3.63) is 28.5 Å². The van der Waals surface area contributed by atoms with E-state index in [1.54, 1.807) is 18.3 Å². The summed E-state index contributed by atoms with van der Waals surface area (Å²) < 4.78 is 56.8. The SMILES string of the molecule is CC1(NS(=O)(=O)c2cc(C3CCNCC3)c3cnn(-c4nnc(C(F)F)[se]4)c3c2)CC1. The first-order valence-electron chi connectivity index (χ1n) is 10.1. The Morgan fingerprint density at radius 1 is 1.26 bits per heavy atom. The van der Waals surface area contributed by atoms with Gasteiger partial charge in [-0.05, 0) is 0 Å². The van der Waals surface area contributed by atoms with E-state index in [9.17, 15) is 17.2 Å². The molecule has 8 nitrogen and oxygen atoms in total. The third kappa shape index (κ3) is 4.07. The van der Waals surface area contributed by atoms with Gasteiger partial charge in [0.1, 0.15) is 0 Å². The van der Waals surface area contributed by atoms with Gasteiger partial charge in [0.15, 0.2) is 0 Å². The van der Waals surface area contributed by atoms with Gasteiger partial charge in [-0.15, -0.1) is 0 Å². The minimum absolute atomic E-state index is 0.171. The number of alkyl halides is 2. The van der Waals surface area contributed by atoms with Gasteiger partial charge >= 0.3 is 184 Å². The molecule has 2 N–H and O–H groups in total. The summed E-state index contributed by atoms with van der Waals surface area (Å²) in [6, 6.07) is 3.32. The van der Waals surface area contributed by atoms with Crippen molar-refractivity contribution >= 4 is 35.4 Å². The number of rotatable bonds is 6. The van der Waals surface area contributed by atoms with Gasteiger partial charge in [0.2, 0.25) is 0 Å². The van der Waals surface area contributed by atoms with Gasteiger partial charge in [-0.2, -0.15) is 0 Å². The average Bonchev–Trinajstić information content (AvgIpc) is 3.13. The summed E-state index contributed by atoms with van der Waals surface area (Å²) in [7, 11) is -3.74. The summed E-state index contributed by atoms with van der Waals surface area (Å²) in [6.45, 7) is 3.60. The van der Waals surface area contributed by atoms with Crippen LogP contribution in [0.25, 0.3) is 15.6 Å². The molecular weight excluding hydrogens is 493 g/mol. The van der Waals surface area contributed by atoms with Crippen LogP contribution < -0.4 is 10.0 Å². The molecule has 1 aliphatic heterocycles. The fourth-order valence-corrected chi connectivity index (χ4v) is 6.91. The molecule has 0 atom stereocenters.